The van der Waals surface area contributed by atoms with Gasteiger partial charge in [0.25, 0.3) is 0 Å². The van der Waals surface area contributed by atoms with Gasteiger partial charge in [0.2, 0.25) is 0 Å². The Morgan fingerprint density at radius 3 is 2.38 bits per heavy atom. The lowest BCUT2D eigenvalue weighted by Gasteiger charge is -2.10. The Kier molecular flexibility index (Phi) is 8.02. The van der Waals surface area contributed by atoms with Crippen molar-refractivity contribution in [2.45, 2.75) is 20.3 Å². The van der Waals surface area contributed by atoms with E-state index in [0.29, 0.717) is 17.9 Å². The minimum atomic E-state index is -0.865. The molecule has 3 aromatic rings. The fourth-order valence-corrected chi connectivity index (χ4v) is 3.55. The van der Waals surface area contributed by atoms with Gasteiger partial charge < -0.3 is 19.4 Å². The number of amides is 2. The van der Waals surface area contributed by atoms with Crippen molar-refractivity contribution in [3.05, 3.63) is 76.9 Å². The van der Waals surface area contributed by atoms with E-state index in [4.69, 9.17) is 9.47 Å². The molecule has 0 bridgehead atoms. The molecule has 8 nitrogen and oxygen atoms in total. The van der Waals surface area contributed by atoms with Crippen LogP contribution < -0.4 is 20.2 Å². The predicted molar refractivity (Wildman–Crippen MR) is 127 cm³/mol. The summed E-state index contributed by atoms with van der Waals surface area (Å²) < 4.78 is 25.6. The second-order valence-corrected chi connectivity index (χ2v) is 7.53. The molecule has 0 aliphatic heterocycles. The molecular weight excluding hydrogens is 439 g/mol. The molecule has 34 heavy (non-hydrogen) atoms. The molecule has 3 rings (SSSR count). The first kappa shape index (κ1) is 24.5. The number of hydrogen-bond donors (Lipinski definition) is 2. The summed E-state index contributed by atoms with van der Waals surface area (Å²) in [6.45, 7) is 4.07. The highest BCUT2D eigenvalue weighted by atomic mass is 19.1. The highest BCUT2D eigenvalue weighted by molar-refractivity contribution is 6.35. The van der Waals surface area contributed by atoms with Gasteiger partial charge in [0.1, 0.15) is 5.82 Å². The van der Waals surface area contributed by atoms with Gasteiger partial charge in [-0.2, -0.15) is 5.10 Å². The molecule has 0 atom stereocenters. The van der Waals surface area contributed by atoms with E-state index in [2.05, 4.69) is 15.8 Å². The topological polar surface area (TPSA) is 94.0 Å². The maximum atomic E-state index is 13.2. The predicted octanol–water partition coefficient (Wildman–Crippen LogP) is 3.06. The molecule has 0 aliphatic rings. The molecule has 0 fully saturated rings. The molecule has 0 saturated carbocycles. The highest BCUT2D eigenvalue weighted by Gasteiger charge is 2.13. The summed E-state index contributed by atoms with van der Waals surface area (Å²) in [4.78, 5) is 24.1. The molecule has 0 aliphatic carbocycles. The molecule has 1 heterocycles. The molecule has 0 unspecified atom stereocenters. The van der Waals surface area contributed by atoms with Crippen LogP contribution in [0.1, 0.15) is 22.5 Å². The van der Waals surface area contributed by atoms with Gasteiger partial charge in [0, 0.05) is 29.2 Å². The van der Waals surface area contributed by atoms with Crippen LogP contribution in [0.4, 0.5) is 4.39 Å². The smallest absolute Gasteiger partial charge is 0.329 e. The minimum absolute atomic E-state index is 0.268. The van der Waals surface area contributed by atoms with Crippen LogP contribution in [0.25, 0.3) is 5.69 Å². The van der Waals surface area contributed by atoms with Crippen molar-refractivity contribution in [2.24, 2.45) is 5.10 Å². The molecule has 178 valence electrons. The van der Waals surface area contributed by atoms with E-state index in [1.165, 1.54) is 18.3 Å². The van der Waals surface area contributed by atoms with Gasteiger partial charge in [-0.05, 0) is 68.3 Å². The summed E-state index contributed by atoms with van der Waals surface area (Å²) in [6, 6.07) is 13.5. The number of nitrogens with one attached hydrogen (secondary N) is 2. The Balaban J connectivity index is 1.53. The Bertz CT molecular complexity index is 1200. The van der Waals surface area contributed by atoms with Crippen molar-refractivity contribution in [1.82, 2.24) is 15.3 Å². The maximum Gasteiger partial charge on any atom is 0.329 e. The first-order valence-electron chi connectivity index (χ1n) is 10.6. The first-order valence-corrected chi connectivity index (χ1v) is 10.6. The second-order valence-electron chi connectivity index (χ2n) is 7.53. The van der Waals surface area contributed by atoms with E-state index in [0.717, 1.165) is 28.2 Å². The number of methoxy groups -OCH3 is 2. The SMILES string of the molecule is COc1ccc(CCNC(=O)C(=O)N/N=C\c2cc(C)n(-c3ccc(F)cc3)c2C)cc1OC. The molecule has 2 aromatic carbocycles. The van der Waals surface area contributed by atoms with E-state index in [1.54, 1.807) is 32.4 Å². The van der Waals surface area contributed by atoms with Crippen LogP contribution in [0.5, 0.6) is 11.5 Å². The highest BCUT2D eigenvalue weighted by Crippen LogP contribution is 2.27. The Hall–Kier alpha value is -4.14. The van der Waals surface area contributed by atoms with Crippen molar-refractivity contribution in [2.75, 3.05) is 20.8 Å². The van der Waals surface area contributed by atoms with Crippen LogP contribution in [-0.4, -0.2) is 43.4 Å². The van der Waals surface area contributed by atoms with Crippen molar-refractivity contribution < 1.29 is 23.5 Å². The molecule has 1 aromatic heterocycles. The number of ether oxygens (including phenoxy) is 2. The average molecular weight is 467 g/mol. The van der Waals surface area contributed by atoms with Crippen molar-refractivity contribution in [3.8, 4) is 17.2 Å². The quantitative estimate of drug-likeness (QED) is 0.303. The molecule has 0 saturated heterocycles. The van der Waals surface area contributed by atoms with Gasteiger partial charge in [-0.3, -0.25) is 9.59 Å². The van der Waals surface area contributed by atoms with Crippen LogP contribution >= 0.6 is 0 Å². The van der Waals surface area contributed by atoms with Gasteiger partial charge in [0.15, 0.2) is 11.5 Å². The van der Waals surface area contributed by atoms with E-state index in [-0.39, 0.29) is 12.4 Å². The molecule has 9 heteroatoms. The zero-order chi connectivity index (χ0) is 24.7. The van der Waals surface area contributed by atoms with E-state index in [1.807, 2.05) is 36.6 Å². The molecule has 0 spiro atoms. The number of aromatic nitrogens is 1. The fraction of sp³-hybridized carbons (Fsp3) is 0.240. The Labute approximate surface area is 197 Å². The average Bonchev–Trinajstić information content (AvgIpc) is 3.12. The van der Waals surface area contributed by atoms with Gasteiger partial charge in [-0.1, -0.05) is 6.07 Å². The Morgan fingerprint density at radius 1 is 1.00 bits per heavy atom. The Morgan fingerprint density at radius 2 is 1.71 bits per heavy atom. The van der Waals surface area contributed by atoms with Gasteiger partial charge in [-0.25, -0.2) is 9.82 Å². The molecule has 2 N–H and O–H groups in total. The maximum absolute atomic E-state index is 13.2. The molecule has 0 radical (unpaired) electrons. The number of carbonyl (C=O) groups excluding carboxylic acids is 2. The van der Waals surface area contributed by atoms with E-state index < -0.39 is 11.8 Å². The van der Waals surface area contributed by atoms with Crippen molar-refractivity contribution >= 4 is 18.0 Å². The van der Waals surface area contributed by atoms with Crippen molar-refractivity contribution in [1.29, 1.82) is 0 Å². The summed E-state index contributed by atoms with van der Waals surface area (Å²) in [6.07, 6.45) is 1.98. The second kappa shape index (κ2) is 11.1. The van der Waals surface area contributed by atoms with Crippen molar-refractivity contribution in [3.63, 3.8) is 0 Å². The molecular formula is C25H27FN4O4. The zero-order valence-electron chi connectivity index (χ0n) is 19.5. The number of benzene rings is 2. The summed E-state index contributed by atoms with van der Waals surface area (Å²) in [5.41, 5.74) is 6.52. The third-order valence-electron chi connectivity index (χ3n) is 5.28. The normalized spacial score (nSPS) is 10.9. The number of halogens is 1. The largest absolute Gasteiger partial charge is 0.493 e. The monoisotopic (exact) mass is 466 g/mol. The van der Waals surface area contributed by atoms with Crippen LogP contribution in [-0.2, 0) is 16.0 Å². The zero-order valence-corrected chi connectivity index (χ0v) is 19.5. The lowest BCUT2D eigenvalue weighted by atomic mass is 10.1. The number of hydrogen-bond acceptors (Lipinski definition) is 5. The van der Waals surface area contributed by atoms with E-state index in [9.17, 15) is 14.0 Å². The number of hydrazone groups is 1. The number of nitrogens with zero attached hydrogens (tertiary/aromatic N) is 2. The lowest BCUT2D eigenvalue weighted by Crippen LogP contribution is -2.38. The first-order chi connectivity index (χ1) is 16.3. The number of rotatable bonds is 8. The van der Waals surface area contributed by atoms with E-state index >= 15 is 0 Å². The number of carbonyl (C=O) groups is 2. The summed E-state index contributed by atoms with van der Waals surface area (Å²) >= 11 is 0. The fourth-order valence-electron chi connectivity index (χ4n) is 3.55. The lowest BCUT2D eigenvalue weighted by molar-refractivity contribution is -0.139. The van der Waals surface area contributed by atoms with Crippen LogP contribution in [0.2, 0.25) is 0 Å². The minimum Gasteiger partial charge on any atom is -0.493 e. The van der Waals surface area contributed by atoms with Crippen LogP contribution in [0.15, 0.2) is 53.6 Å². The van der Waals surface area contributed by atoms with Gasteiger partial charge >= 0.3 is 11.8 Å². The third-order valence-corrected chi connectivity index (χ3v) is 5.28. The van der Waals surface area contributed by atoms with Gasteiger partial charge in [-0.15, -0.1) is 0 Å². The van der Waals surface area contributed by atoms with Gasteiger partial charge in [0.05, 0.1) is 20.4 Å². The summed E-state index contributed by atoms with van der Waals surface area (Å²) in [5, 5.41) is 6.47. The summed E-state index contributed by atoms with van der Waals surface area (Å²) in [5.74, 6) is -0.744. The number of aryl methyl sites for hydroxylation is 1. The standard InChI is InChI=1S/C25H27FN4O4/c1-16-13-19(17(2)30(16)21-8-6-20(26)7-9-21)15-28-29-25(32)24(31)27-12-11-18-5-10-22(33-3)23(14-18)34-4/h5-10,13-15H,11-12H2,1-4H3,(H,27,31)(H,29,32)/b28-15-. The van der Waals surface area contributed by atoms with Crippen LogP contribution in [0.3, 0.4) is 0 Å². The molecule has 2 amide bonds. The summed E-state index contributed by atoms with van der Waals surface area (Å²) in [7, 11) is 3.11. The third kappa shape index (κ3) is 5.80. The van der Waals surface area contributed by atoms with Crippen LogP contribution in [0, 0.1) is 19.7 Å².